The quantitative estimate of drug-likeness (QED) is 0.707. The maximum atomic E-state index is 9.16. The standard InChI is InChI=1S/C12H13N3/c1-9-11(12(2,3)8-13)15-7-5-4-6-10(15)14-9/h4-7H,1-3H3. The molecule has 15 heavy (non-hydrogen) atoms. The zero-order valence-corrected chi connectivity index (χ0v) is 9.15. The van der Waals surface area contributed by atoms with Gasteiger partial charge in [0, 0.05) is 6.20 Å². The lowest BCUT2D eigenvalue weighted by Gasteiger charge is -2.15. The molecule has 2 aromatic heterocycles. The van der Waals surface area contributed by atoms with E-state index < -0.39 is 5.41 Å². The highest BCUT2D eigenvalue weighted by Gasteiger charge is 2.26. The van der Waals surface area contributed by atoms with Crippen LogP contribution in [-0.2, 0) is 5.41 Å². The van der Waals surface area contributed by atoms with Crippen molar-refractivity contribution in [1.29, 1.82) is 5.26 Å². The number of aryl methyl sites for hydroxylation is 1. The SMILES string of the molecule is Cc1nc2ccccn2c1C(C)(C)C#N. The molecule has 0 aliphatic rings. The molecule has 0 saturated heterocycles. The van der Waals surface area contributed by atoms with Crippen LogP contribution in [0.3, 0.4) is 0 Å². The van der Waals surface area contributed by atoms with E-state index in [0.29, 0.717) is 0 Å². The summed E-state index contributed by atoms with van der Waals surface area (Å²) in [6.07, 6.45) is 1.95. The maximum absolute atomic E-state index is 9.16. The van der Waals surface area contributed by atoms with Crippen LogP contribution in [0.15, 0.2) is 24.4 Å². The molecule has 0 aromatic carbocycles. The lowest BCUT2D eigenvalue weighted by atomic mass is 9.90. The second-order valence-corrected chi connectivity index (χ2v) is 4.21. The van der Waals surface area contributed by atoms with Crippen LogP contribution < -0.4 is 0 Å². The molecule has 3 nitrogen and oxygen atoms in total. The topological polar surface area (TPSA) is 41.1 Å². The highest BCUT2D eigenvalue weighted by molar-refractivity contribution is 5.46. The summed E-state index contributed by atoms with van der Waals surface area (Å²) in [5, 5.41) is 9.16. The van der Waals surface area contributed by atoms with Crippen LogP contribution in [0.1, 0.15) is 25.2 Å². The second-order valence-electron chi connectivity index (χ2n) is 4.21. The minimum atomic E-state index is -0.509. The summed E-state index contributed by atoms with van der Waals surface area (Å²) in [6, 6.07) is 8.16. The Kier molecular flexibility index (Phi) is 2.01. The number of hydrogen-bond acceptors (Lipinski definition) is 2. The van der Waals surface area contributed by atoms with Gasteiger partial charge in [0.05, 0.1) is 22.9 Å². The van der Waals surface area contributed by atoms with Gasteiger partial charge in [0.25, 0.3) is 0 Å². The molecule has 3 heteroatoms. The molecule has 2 heterocycles. The van der Waals surface area contributed by atoms with E-state index >= 15 is 0 Å². The van der Waals surface area contributed by atoms with Crippen molar-refractivity contribution in [2.45, 2.75) is 26.2 Å². The Balaban J connectivity index is 2.82. The van der Waals surface area contributed by atoms with Gasteiger partial charge in [0.15, 0.2) is 0 Å². The average molecular weight is 199 g/mol. The van der Waals surface area contributed by atoms with Crippen molar-refractivity contribution in [3.8, 4) is 6.07 Å². The van der Waals surface area contributed by atoms with Crippen molar-refractivity contribution < 1.29 is 0 Å². The number of rotatable bonds is 1. The van der Waals surface area contributed by atoms with Gasteiger partial charge in [-0.1, -0.05) is 6.07 Å². The van der Waals surface area contributed by atoms with Gasteiger partial charge < -0.3 is 4.40 Å². The molecule has 0 aliphatic heterocycles. The van der Waals surface area contributed by atoms with E-state index in [4.69, 9.17) is 5.26 Å². The fourth-order valence-electron chi connectivity index (χ4n) is 1.92. The van der Waals surface area contributed by atoms with Crippen LogP contribution >= 0.6 is 0 Å². The molecule has 0 N–H and O–H groups in total. The van der Waals surface area contributed by atoms with E-state index in [1.54, 1.807) is 0 Å². The number of nitrogens with zero attached hydrogens (tertiary/aromatic N) is 3. The normalized spacial score (nSPS) is 11.6. The predicted molar refractivity (Wildman–Crippen MR) is 58.6 cm³/mol. The molecule has 0 aliphatic carbocycles. The third-order valence-corrected chi connectivity index (χ3v) is 2.58. The largest absolute Gasteiger partial charge is 0.302 e. The maximum Gasteiger partial charge on any atom is 0.137 e. The third kappa shape index (κ3) is 1.39. The summed E-state index contributed by atoms with van der Waals surface area (Å²) >= 11 is 0. The highest BCUT2D eigenvalue weighted by atomic mass is 15.0. The minimum absolute atomic E-state index is 0.509. The van der Waals surface area contributed by atoms with Crippen LogP contribution in [0.25, 0.3) is 5.65 Å². The number of nitriles is 1. The van der Waals surface area contributed by atoms with Crippen molar-refractivity contribution in [1.82, 2.24) is 9.38 Å². The third-order valence-electron chi connectivity index (χ3n) is 2.58. The van der Waals surface area contributed by atoms with E-state index in [9.17, 15) is 0 Å². The predicted octanol–water partition coefficient (Wildman–Crippen LogP) is 2.44. The van der Waals surface area contributed by atoms with Crippen molar-refractivity contribution >= 4 is 5.65 Å². The van der Waals surface area contributed by atoms with Crippen LogP contribution in [-0.4, -0.2) is 9.38 Å². The van der Waals surface area contributed by atoms with Gasteiger partial charge >= 0.3 is 0 Å². The molecule has 0 fully saturated rings. The molecular weight excluding hydrogens is 186 g/mol. The monoisotopic (exact) mass is 199 g/mol. The van der Waals surface area contributed by atoms with Crippen LogP contribution in [0, 0.1) is 18.3 Å². The number of fused-ring (bicyclic) bond motifs is 1. The highest BCUT2D eigenvalue weighted by Crippen LogP contribution is 2.26. The first-order chi connectivity index (χ1) is 7.06. The molecule has 0 bridgehead atoms. The molecule has 2 rings (SSSR count). The molecule has 0 radical (unpaired) electrons. The summed E-state index contributed by atoms with van der Waals surface area (Å²) in [7, 11) is 0. The first kappa shape index (κ1) is 9.72. The number of hydrogen-bond donors (Lipinski definition) is 0. The Morgan fingerprint density at radius 3 is 2.80 bits per heavy atom. The number of pyridine rings is 1. The lowest BCUT2D eigenvalue weighted by Crippen LogP contribution is -2.18. The van der Waals surface area contributed by atoms with E-state index in [0.717, 1.165) is 17.0 Å². The Morgan fingerprint density at radius 2 is 2.13 bits per heavy atom. The van der Waals surface area contributed by atoms with E-state index in [2.05, 4.69) is 11.1 Å². The zero-order chi connectivity index (χ0) is 11.1. The minimum Gasteiger partial charge on any atom is -0.302 e. The molecule has 0 atom stereocenters. The molecule has 0 amide bonds. The summed E-state index contributed by atoms with van der Waals surface area (Å²) in [5.41, 5.74) is 2.28. The molecule has 2 aromatic rings. The van der Waals surface area contributed by atoms with E-state index in [-0.39, 0.29) is 0 Å². The van der Waals surface area contributed by atoms with Crippen LogP contribution in [0.5, 0.6) is 0 Å². The Bertz CT molecular complexity index is 543. The van der Waals surface area contributed by atoms with Crippen molar-refractivity contribution in [2.24, 2.45) is 0 Å². The van der Waals surface area contributed by atoms with Gasteiger partial charge in [-0.3, -0.25) is 0 Å². The van der Waals surface area contributed by atoms with Crippen LogP contribution in [0.4, 0.5) is 0 Å². The Morgan fingerprint density at radius 1 is 1.40 bits per heavy atom. The van der Waals surface area contributed by atoms with Crippen LogP contribution in [0.2, 0.25) is 0 Å². The molecule has 0 saturated carbocycles. The molecule has 76 valence electrons. The van der Waals surface area contributed by atoms with Gasteiger partial charge in [0.1, 0.15) is 5.65 Å². The molecule has 0 spiro atoms. The van der Waals surface area contributed by atoms with Gasteiger partial charge in [-0.05, 0) is 32.9 Å². The first-order valence-electron chi connectivity index (χ1n) is 4.91. The van der Waals surface area contributed by atoms with Gasteiger partial charge in [0.2, 0.25) is 0 Å². The van der Waals surface area contributed by atoms with Crippen molar-refractivity contribution in [2.75, 3.05) is 0 Å². The Hall–Kier alpha value is -1.82. The van der Waals surface area contributed by atoms with Gasteiger partial charge in [-0.15, -0.1) is 0 Å². The summed E-state index contributed by atoms with van der Waals surface area (Å²) < 4.78 is 1.98. The van der Waals surface area contributed by atoms with Gasteiger partial charge in [-0.25, -0.2) is 4.98 Å². The summed E-state index contributed by atoms with van der Waals surface area (Å²) in [5.74, 6) is 0. The molecule has 0 unspecified atom stereocenters. The average Bonchev–Trinajstić information content (AvgIpc) is 2.54. The molecular formula is C12H13N3. The summed E-state index contributed by atoms with van der Waals surface area (Å²) in [6.45, 7) is 5.77. The summed E-state index contributed by atoms with van der Waals surface area (Å²) in [4.78, 5) is 4.44. The smallest absolute Gasteiger partial charge is 0.137 e. The van der Waals surface area contributed by atoms with E-state index in [1.807, 2.05) is 49.6 Å². The Labute approximate surface area is 89.0 Å². The van der Waals surface area contributed by atoms with Crippen molar-refractivity contribution in [3.63, 3.8) is 0 Å². The first-order valence-corrected chi connectivity index (χ1v) is 4.91. The lowest BCUT2D eigenvalue weighted by molar-refractivity contribution is 0.646. The zero-order valence-electron chi connectivity index (χ0n) is 9.15. The second kappa shape index (κ2) is 3.09. The fourth-order valence-corrected chi connectivity index (χ4v) is 1.92. The number of aromatic nitrogens is 2. The van der Waals surface area contributed by atoms with E-state index in [1.165, 1.54) is 0 Å². The van der Waals surface area contributed by atoms with Crippen molar-refractivity contribution in [3.05, 3.63) is 35.8 Å². The number of imidazole rings is 1. The fraction of sp³-hybridized carbons (Fsp3) is 0.333. The van der Waals surface area contributed by atoms with Gasteiger partial charge in [-0.2, -0.15) is 5.26 Å².